The number of nitrogens with zero attached hydrogens (tertiary/aromatic N) is 1. The minimum atomic E-state index is -4.24. The molecule has 4 atom stereocenters. The van der Waals surface area contributed by atoms with Crippen molar-refractivity contribution in [1.82, 2.24) is 10.2 Å². The average Bonchev–Trinajstić information content (AvgIpc) is 2.93. The Balaban J connectivity index is 1.68. The van der Waals surface area contributed by atoms with Gasteiger partial charge in [0.1, 0.15) is 0 Å². The first-order valence-electron chi connectivity index (χ1n) is 8.03. The van der Waals surface area contributed by atoms with Crippen LogP contribution in [0.15, 0.2) is 0 Å². The van der Waals surface area contributed by atoms with Gasteiger partial charge in [-0.15, -0.1) is 0 Å². The van der Waals surface area contributed by atoms with Gasteiger partial charge in [0, 0.05) is 19.0 Å². The molecule has 0 aromatic rings. The quantitative estimate of drug-likeness (QED) is 0.807. The molecule has 1 saturated carbocycles. The summed E-state index contributed by atoms with van der Waals surface area (Å²) < 4.78 is 39.5. The maximum Gasteiger partial charge on any atom is 0.392 e. The minimum Gasteiger partial charge on any atom is -0.342 e. The number of piperidine rings is 1. The summed E-state index contributed by atoms with van der Waals surface area (Å²) in [5.74, 6) is -1.50. The summed E-state index contributed by atoms with van der Waals surface area (Å²) in [5, 5.41) is 3.32. The number of fused-ring (bicyclic) bond motifs is 1. The Morgan fingerprint density at radius 1 is 1.05 bits per heavy atom. The molecule has 3 fully saturated rings. The van der Waals surface area contributed by atoms with Gasteiger partial charge in [0.05, 0.1) is 5.92 Å². The first-order valence-corrected chi connectivity index (χ1v) is 8.03. The van der Waals surface area contributed by atoms with Crippen molar-refractivity contribution < 1.29 is 18.0 Å². The van der Waals surface area contributed by atoms with E-state index in [1.807, 2.05) is 0 Å². The number of carbonyl (C=O) groups is 1. The maximum absolute atomic E-state index is 13.2. The third kappa shape index (κ3) is 3.05. The molecule has 0 radical (unpaired) electrons. The summed E-state index contributed by atoms with van der Waals surface area (Å²) in [6.45, 7) is 3.14. The van der Waals surface area contributed by atoms with Crippen molar-refractivity contribution in [1.29, 1.82) is 0 Å². The Bertz CT molecular complexity index is 399. The van der Waals surface area contributed by atoms with E-state index in [1.165, 1.54) is 0 Å². The van der Waals surface area contributed by atoms with Crippen molar-refractivity contribution in [2.45, 2.75) is 38.3 Å². The summed E-state index contributed by atoms with van der Waals surface area (Å²) in [7, 11) is 0. The topological polar surface area (TPSA) is 32.3 Å². The van der Waals surface area contributed by atoms with Gasteiger partial charge >= 0.3 is 6.18 Å². The van der Waals surface area contributed by atoms with E-state index in [2.05, 4.69) is 5.32 Å². The van der Waals surface area contributed by atoms with Crippen molar-refractivity contribution in [3.8, 4) is 0 Å². The van der Waals surface area contributed by atoms with Crippen molar-refractivity contribution in [2.24, 2.45) is 23.7 Å². The normalized spacial score (nSPS) is 37.4. The number of alkyl halides is 3. The molecule has 6 heteroatoms. The van der Waals surface area contributed by atoms with Gasteiger partial charge in [-0.2, -0.15) is 13.2 Å². The predicted molar refractivity (Wildman–Crippen MR) is 72.5 cm³/mol. The van der Waals surface area contributed by atoms with Gasteiger partial charge in [-0.1, -0.05) is 12.8 Å². The molecule has 0 aromatic heterocycles. The highest BCUT2D eigenvalue weighted by atomic mass is 19.4. The Labute approximate surface area is 123 Å². The second-order valence-electron chi connectivity index (χ2n) is 6.79. The average molecular weight is 304 g/mol. The summed E-state index contributed by atoms with van der Waals surface area (Å²) in [4.78, 5) is 14.3. The number of hydrogen-bond donors (Lipinski definition) is 1. The van der Waals surface area contributed by atoms with Gasteiger partial charge < -0.3 is 10.2 Å². The van der Waals surface area contributed by atoms with Crippen LogP contribution in [0.2, 0.25) is 0 Å². The molecular formula is C15H23F3N2O. The zero-order chi connectivity index (χ0) is 15.0. The molecule has 1 amide bonds. The monoisotopic (exact) mass is 304 g/mol. The number of hydrogen-bond acceptors (Lipinski definition) is 2. The molecule has 0 spiro atoms. The summed E-state index contributed by atoms with van der Waals surface area (Å²) in [5.41, 5.74) is 0. The molecule has 2 saturated heterocycles. The Kier molecular flexibility index (Phi) is 4.17. The van der Waals surface area contributed by atoms with E-state index in [4.69, 9.17) is 0 Å². The standard InChI is InChI=1S/C15H23F3N2O/c16-15(17,18)13-4-2-1-3-12(13)14(21)20-6-5-10-7-19-8-11(10)9-20/h10-13,19H,1-9H2. The van der Waals surface area contributed by atoms with Gasteiger partial charge in [-0.3, -0.25) is 4.79 Å². The van der Waals surface area contributed by atoms with E-state index in [-0.39, 0.29) is 12.3 Å². The number of halogens is 3. The fraction of sp³-hybridized carbons (Fsp3) is 0.933. The number of carbonyl (C=O) groups excluding carboxylic acids is 1. The summed E-state index contributed by atoms with van der Waals surface area (Å²) >= 11 is 0. The molecule has 1 N–H and O–H groups in total. The molecule has 3 rings (SSSR count). The van der Waals surface area contributed by atoms with Crippen molar-refractivity contribution in [3.05, 3.63) is 0 Å². The molecule has 3 aliphatic rings. The number of likely N-dealkylation sites (tertiary alicyclic amines) is 1. The molecule has 1 aliphatic carbocycles. The van der Waals surface area contributed by atoms with Crippen LogP contribution in [0.25, 0.3) is 0 Å². The first kappa shape index (κ1) is 15.1. The van der Waals surface area contributed by atoms with E-state index >= 15 is 0 Å². The van der Waals surface area contributed by atoms with Crippen LogP contribution in [0.3, 0.4) is 0 Å². The van der Waals surface area contributed by atoms with Gasteiger partial charge in [0.15, 0.2) is 0 Å². The van der Waals surface area contributed by atoms with Gasteiger partial charge in [-0.05, 0) is 44.2 Å². The van der Waals surface area contributed by atoms with Gasteiger partial charge in [0.25, 0.3) is 0 Å². The largest absolute Gasteiger partial charge is 0.392 e. The Hall–Kier alpha value is -0.780. The molecule has 120 valence electrons. The van der Waals surface area contributed by atoms with Gasteiger partial charge in [0.2, 0.25) is 5.91 Å². The molecule has 0 bridgehead atoms. The zero-order valence-corrected chi connectivity index (χ0v) is 12.2. The molecule has 4 unspecified atom stereocenters. The molecular weight excluding hydrogens is 281 g/mol. The molecule has 0 aromatic carbocycles. The van der Waals surface area contributed by atoms with E-state index in [0.29, 0.717) is 37.8 Å². The van der Waals surface area contributed by atoms with Gasteiger partial charge in [-0.25, -0.2) is 0 Å². The summed E-state index contributed by atoms with van der Waals surface area (Å²) in [6, 6.07) is 0. The zero-order valence-electron chi connectivity index (χ0n) is 12.2. The highest BCUT2D eigenvalue weighted by Crippen LogP contribution is 2.42. The van der Waals surface area contributed by atoms with Crippen molar-refractivity contribution in [2.75, 3.05) is 26.2 Å². The third-order valence-electron chi connectivity index (χ3n) is 5.52. The Morgan fingerprint density at radius 2 is 1.76 bits per heavy atom. The van der Waals surface area contributed by atoms with Crippen LogP contribution >= 0.6 is 0 Å². The van der Waals surface area contributed by atoms with Crippen LogP contribution in [0.4, 0.5) is 13.2 Å². The lowest BCUT2D eigenvalue weighted by Crippen LogP contribution is -2.49. The molecule has 2 heterocycles. The van der Waals surface area contributed by atoms with Crippen LogP contribution < -0.4 is 5.32 Å². The van der Waals surface area contributed by atoms with Crippen LogP contribution in [-0.4, -0.2) is 43.2 Å². The van der Waals surface area contributed by atoms with Crippen LogP contribution in [0.1, 0.15) is 32.1 Å². The number of nitrogens with one attached hydrogen (secondary N) is 1. The molecule has 21 heavy (non-hydrogen) atoms. The minimum absolute atomic E-state index is 0.112. The van der Waals surface area contributed by atoms with E-state index < -0.39 is 18.0 Å². The number of rotatable bonds is 1. The lowest BCUT2D eigenvalue weighted by molar-refractivity contribution is -0.201. The maximum atomic E-state index is 13.2. The fourth-order valence-electron chi connectivity index (χ4n) is 4.29. The second kappa shape index (κ2) is 5.78. The smallest absolute Gasteiger partial charge is 0.342 e. The van der Waals surface area contributed by atoms with E-state index in [1.54, 1.807) is 4.90 Å². The van der Waals surface area contributed by atoms with E-state index in [0.717, 1.165) is 25.9 Å². The fourth-order valence-corrected chi connectivity index (χ4v) is 4.29. The second-order valence-corrected chi connectivity index (χ2v) is 6.79. The lowest BCUT2D eigenvalue weighted by Gasteiger charge is -2.39. The summed E-state index contributed by atoms with van der Waals surface area (Å²) in [6.07, 6.45) is -1.49. The van der Waals surface area contributed by atoms with Crippen molar-refractivity contribution >= 4 is 5.91 Å². The third-order valence-corrected chi connectivity index (χ3v) is 5.52. The molecule has 2 aliphatic heterocycles. The highest BCUT2D eigenvalue weighted by molar-refractivity contribution is 5.79. The van der Waals surface area contributed by atoms with Crippen molar-refractivity contribution in [3.63, 3.8) is 0 Å². The van der Waals surface area contributed by atoms with Crippen LogP contribution in [0.5, 0.6) is 0 Å². The molecule has 3 nitrogen and oxygen atoms in total. The lowest BCUT2D eigenvalue weighted by atomic mass is 9.77. The first-order chi connectivity index (χ1) is 9.97. The van der Waals surface area contributed by atoms with Crippen LogP contribution in [-0.2, 0) is 4.79 Å². The predicted octanol–water partition coefficient (Wildman–Crippen LogP) is 2.42. The van der Waals surface area contributed by atoms with Crippen LogP contribution in [0, 0.1) is 23.7 Å². The van der Waals surface area contributed by atoms with E-state index in [9.17, 15) is 18.0 Å². The number of amides is 1. The Morgan fingerprint density at radius 3 is 2.52 bits per heavy atom. The SMILES string of the molecule is O=C(C1CCCCC1C(F)(F)F)N1CCC2CNCC2C1. The highest BCUT2D eigenvalue weighted by Gasteiger charge is 2.49.